The number of likely N-dealkylation sites (tertiary alicyclic amines) is 1. The Balaban J connectivity index is 1.86. The molecule has 1 aromatic rings. The number of quaternary nitrogens is 1. The second-order valence-electron chi connectivity index (χ2n) is 11.2. The quantitative estimate of drug-likeness (QED) is 0.107. The molecule has 1 fully saturated rings. The summed E-state index contributed by atoms with van der Waals surface area (Å²) in [5, 5.41) is 10.4. The van der Waals surface area contributed by atoms with E-state index in [4.69, 9.17) is 4.84 Å². The van der Waals surface area contributed by atoms with Gasteiger partial charge in [-0.25, -0.2) is 4.79 Å². The summed E-state index contributed by atoms with van der Waals surface area (Å²) >= 11 is 0. The number of rotatable bonds is 20. The zero-order valence-electron chi connectivity index (χ0n) is 23.9. The Hall–Kier alpha value is -1.88. The highest BCUT2D eigenvalue weighted by Gasteiger charge is 2.36. The van der Waals surface area contributed by atoms with E-state index in [1.807, 2.05) is 0 Å². The molecular formula is C32H54NO4+. The van der Waals surface area contributed by atoms with Crippen molar-refractivity contribution in [1.82, 2.24) is 0 Å². The van der Waals surface area contributed by atoms with Crippen molar-refractivity contribution < 1.29 is 24.2 Å². The molecule has 0 amide bonds. The van der Waals surface area contributed by atoms with Gasteiger partial charge in [-0.3, -0.25) is 9.63 Å². The van der Waals surface area contributed by atoms with Gasteiger partial charge in [0.2, 0.25) is 0 Å². The van der Waals surface area contributed by atoms with Crippen LogP contribution in [0, 0.1) is 0 Å². The molecule has 37 heavy (non-hydrogen) atoms. The number of carbonyl (C=O) groups is 2. The van der Waals surface area contributed by atoms with E-state index in [9.17, 15) is 14.7 Å². The summed E-state index contributed by atoms with van der Waals surface area (Å²) in [5.41, 5.74) is 0.606. The SMILES string of the molecule is CCCCCCCCCCCC(=O)c1ccc(O)c(C(=O)O[N+]2(CCCCCCCC)CCCCC2)c1. The van der Waals surface area contributed by atoms with Gasteiger partial charge in [-0.05, 0) is 37.5 Å². The number of nitrogens with zero attached hydrogens (tertiary/aromatic N) is 1. The van der Waals surface area contributed by atoms with Gasteiger partial charge < -0.3 is 5.11 Å². The van der Waals surface area contributed by atoms with Crippen molar-refractivity contribution in [3.05, 3.63) is 29.3 Å². The van der Waals surface area contributed by atoms with Crippen LogP contribution in [0.3, 0.4) is 0 Å². The molecule has 1 aliphatic rings. The summed E-state index contributed by atoms with van der Waals surface area (Å²) in [6.07, 6.45) is 21.8. The second kappa shape index (κ2) is 18.4. The molecule has 0 spiro atoms. The lowest BCUT2D eigenvalue weighted by Gasteiger charge is -2.37. The smallest absolute Gasteiger partial charge is 0.401 e. The van der Waals surface area contributed by atoms with Crippen molar-refractivity contribution in [2.75, 3.05) is 19.6 Å². The van der Waals surface area contributed by atoms with Gasteiger partial charge in [-0.1, -0.05) is 90.9 Å². The van der Waals surface area contributed by atoms with Crippen molar-refractivity contribution in [3.8, 4) is 5.75 Å². The van der Waals surface area contributed by atoms with Crippen molar-refractivity contribution in [1.29, 1.82) is 0 Å². The molecule has 0 aliphatic carbocycles. The fourth-order valence-corrected chi connectivity index (χ4v) is 5.47. The molecule has 2 rings (SSSR count). The Bertz CT molecular complexity index is 785. The first kappa shape index (κ1) is 31.3. The summed E-state index contributed by atoms with van der Waals surface area (Å²) < 4.78 is 0.350. The molecule has 5 nitrogen and oxygen atoms in total. The number of piperidine rings is 1. The Morgan fingerprint density at radius 3 is 1.89 bits per heavy atom. The van der Waals surface area contributed by atoms with E-state index < -0.39 is 5.97 Å². The van der Waals surface area contributed by atoms with Gasteiger partial charge in [0, 0.05) is 31.2 Å². The predicted octanol–water partition coefficient (Wildman–Crippen LogP) is 8.93. The van der Waals surface area contributed by atoms with Crippen LogP contribution in [0.1, 0.15) is 157 Å². The van der Waals surface area contributed by atoms with Crippen molar-refractivity contribution in [2.24, 2.45) is 0 Å². The van der Waals surface area contributed by atoms with Crippen LogP contribution in [-0.4, -0.2) is 41.1 Å². The average Bonchev–Trinajstić information content (AvgIpc) is 2.90. The van der Waals surface area contributed by atoms with Crippen LogP contribution in [0.15, 0.2) is 18.2 Å². The van der Waals surface area contributed by atoms with Gasteiger partial charge in [0.05, 0.1) is 0 Å². The third kappa shape index (κ3) is 12.0. The van der Waals surface area contributed by atoms with E-state index in [1.165, 1.54) is 83.1 Å². The number of phenolic OH excluding ortho intramolecular Hbond substituents is 1. The first-order chi connectivity index (χ1) is 18.0. The first-order valence-corrected chi connectivity index (χ1v) is 15.5. The molecule has 0 aromatic heterocycles. The number of aromatic hydroxyl groups is 1. The van der Waals surface area contributed by atoms with Crippen molar-refractivity contribution in [2.45, 2.75) is 136 Å². The van der Waals surface area contributed by atoms with Crippen molar-refractivity contribution >= 4 is 11.8 Å². The number of Topliss-reactive ketones (excluding diaryl/α,β-unsaturated/α-hetero) is 1. The number of carbonyl (C=O) groups excluding carboxylic acids is 2. The van der Waals surface area contributed by atoms with Gasteiger partial charge in [-0.15, -0.1) is 4.65 Å². The van der Waals surface area contributed by atoms with Crippen LogP contribution in [0.5, 0.6) is 5.75 Å². The molecule has 210 valence electrons. The number of unbranched alkanes of at least 4 members (excludes halogenated alkanes) is 13. The molecule has 1 heterocycles. The average molecular weight is 517 g/mol. The molecule has 0 bridgehead atoms. The summed E-state index contributed by atoms with van der Waals surface area (Å²) in [6.45, 7) is 6.95. The minimum Gasteiger partial charge on any atom is -0.507 e. The van der Waals surface area contributed by atoms with Crippen LogP contribution in [0.4, 0.5) is 0 Å². The van der Waals surface area contributed by atoms with Gasteiger partial charge in [0.1, 0.15) is 30.9 Å². The van der Waals surface area contributed by atoms with E-state index in [0.717, 1.165) is 58.2 Å². The molecule has 1 aromatic carbocycles. The maximum absolute atomic E-state index is 13.2. The maximum Gasteiger partial charge on any atom is 0.401 e. The highest BCUT2D eigenvalue weighted by atomic mass is 16.7. The number of ketones is 1. The third-order valence-electron chi connectivity index (χ3n) is 7.87. The van der Waals surface area contributed by atoms with Crippen LogP contribution in [-0.2, 0) is 4.84 Å². The van der Waals surface area contributed by atoms with Crippen LogP contribution in [0.25, 0.3) is 0 Å². The zero-order valence-corrected chi connectivity index (χ0v) is 23.9. The molecular weight excluding hydrogens is 462 g/mol. The van der Waals surface area contributed by atoms with E-state index in [0.29, 0.717) is 16.6 Å². The van der Waals surface area contributed by atoms with E-state index >= 15 is 0 Å². The summed E-state index contributed by atoms with van der Waals surface area (Å²) in [6, 6.07) is 4.64. The Morgan fingerprint density at radius 2 is 1.30 bits per heavy atom. The fraction of sp³-hybridized carbons (Fsp3) is 0.750. The summed E-state index contributed by atoms with van der Waals surface area (Å²) in [4.78, 5) is 32.1. The lowest BCUT2D eigenvalue weighted by molar-refractivity contribution is -1.09. The van der Waals surface area contributed by atoms with Gasteiger partial charge in [0.15, 0.2) is 5.78 Å². The number of phenols is 1. The number of hydrogen-bond donors (Lipinski definition) is 1. The molecule has 5 heteroatoms. The number of hydroxylamine groups is 3. The standard InChI is InChI=1S/C32H53NO4/c1-3-5-7-9-11-12-13-14-17-21-30(34)28-22-23-31(35)29(27-28)32(36)37-33(25-19-16-20-26-33)24-18-15-10-8-6-4-2/h22-23,27H,3-21,24-26H2,1-2H3/p+1. The number of hydrogen-bond acceptors (Lipinski definition) is 4. The normalized spacial score (nSPS) is 15.0. The molecule has 0 radical (unpaired) electrons. The monoisotopic (exact) mass is 516 g/mol. The van der Waals surface area contributed by atoms with E-state index in [1.54, 1.807) is 12.1 Å². The summed E-state index contributed by atoms with van der Waals surface area (Å²) in [7, 11) is 0. The minimum atomic E-state index is -0.511. The zero-order chi connectivity index (χ0) is 26.8. The molecule has 0 unspecified atom stereocenters. The maximum atomic E-state index is 13.2. The lowest BCUT2D eigenvalue weighted by Crippen LogP contribution is -2.53. The molecule has 1 saturated heterocycles. The van der Waals surface area contributed by atoms with Crippen molar-refractivity contribution in [3.63, 3.8) is 0 Å². The Morgan fingerprint density at radius 1 is 0.757 bits per heavy atom. The van der Waals surface area contributed by atoms with E-state index in [-0.39, 0.29) is 17.1 Å². The lowest BCUT2D eigenvalue weighted by atomic mass is 10.0. The van der Waals surface area contributed by atoms with Gasteiger partial charge in [-0.2, -0.15) is 0 Å². The van der Waals surface area contributed by atoms with Crippen LogP contribution < -0.4 is 0 Å². The summed E-state index contributed by atoms with van der Waals surface area (Å²) in [5.74, 6) is -0.589. The Kier molecular flexibility index (Phi) is 15.6. The predicted molar refractivity (Wildman–Crippen MR) is 152 cm³/mol. The molecule has 1 N–H and O–H groups in total. The molecule has 0 saturated carbocycles. The van der Waals surface area contributed by atoms with Gasteiger partial charge >= 0.3 is 5.97 Å². The first-order valence-electron chi connectivity index (χ1n) is 15.5. The van der Waals surface area contributed by atoms with Crippen LogP contribution >= 0.6 is 0 Å². The van der Waals surface area contributed by atoms with Gasteiger partial charge in [0.25, 0.3) is 0 Å². The second-order valence-corrected chi connectivity index (χ2v) is 11.2. The van der Waals surface area contributed by atoms with E-state index in [2.05, 4.69) is 13.8 Å². The third-order valence-corrected chi connectivity index (χ3v) is 7.87. The molecule has 0 atom stereocenters. The fourth-order valence-electron chi connectivity index (χ4n) is 5.47. The molecule has 1 aliphatic heterocycles. The topological polar surface area (TPSA) is 63.6 Å². The largest absolute Gasteiger partial charge is 0.507 e. The Labute approximate surface area is 226 Å². The highest BCUT2D eigenvalue weighted by Crippen LogP contribution is 2.27. The highest BCUT2D eigenvalue weighted by molar-refractivity contribution is 6.00. The minimum absolute atomic E-state index is 0.0333. The van der Waals surface area contributed by atoms with Crippen LogP contribution in [0.2, 0.25) is 0 Å². The number of benzene rings is 1.